The van der Waals surface area contributed by atoms with Crippen LogP contribution in [-0.4, -0.2) is 43.7 Å². The molecular formula is C21H25FN2O2. The Kier molecular flexibility index (Phi) is 6.26. The van der Waals surface area contributed by atoms with E-state index in [0.717, 1.165) is 48.3 Å². The van der Waals surface area contributed by atoms with Crippen molar-refractivity contribution in [1.29, 1.82) is 0 Å². The molecule has 26 heavy (non-hydrogen) atoms. The molecule has 2 aromatic carbocycles. The van der Waals surface area contributed by atoms with Gasteiger partial charge in [0.05, 0.1) is 6.61 Å². The highest BCUT2D eigenvalue weighted by atomic mass is 19.1. The highest BCUT2D eigenvalue weighted by Gasteiger charge is 2.11. The van der Waals surface area contributed by atoms with E-state index < -0.39 is 0 Å². The number of benzene rings is 2. The summed E-state index contributed by atoms with van der Waals surface area (Å²) in [4.78, 5) is 5.58. The summed E-state index contributed by atoms with van der Waals surface area (Å²) in [5.41, 5.74) is 3.25. The summed E-state index contributed by atoms with van der Waals surface area (Å²) in [6, 6.07) is 12.4. The molecule has 0 aliphatic rings. The smallest absolute Gasteiger partial charge is 0.129 e. The Hall–Kier alpha value is -2.37. The minimum Gasteiger partial charge on any atom is -0.488 e. The Morgan fingerprint density at radius 3 is 2.65 bits per heavy atom. The van der Waals surface area contributed by atoms with Gasteiger partial charge in [0.15, 0.2) is 0 Å². The molecule has 1 heterocycles. The summed E-state index contributed by atoms with van der Waals surface area (Å²) in [5.74, 6) is 0.615. The second-order valence-corrected chi connectivity index (χ2v) is 6.45. The molecule has 0 spiro atoms. The van der Waals surface area contributed by atoms with Crippen molar-refractivity contribution in [2.45, 2.75) is 13.0 Å². The monoisotopic (exact) mass is 356 g/mol. The number of methoxy groups -OCH3 is 1. The lowest BCUT2D eigenvalue weighted by Gasteiger charge is -2.16. The van der Waals surface area contributed by atoms with Crippen LogP contribution in [0.1, 0.15) is 11.1 Å². The normalized spacial score (nSPS) is 11.4. The third-order valence-corrected chi connectivity index (χ3v) is 4.50. The van der Waals surface area contributed by atoms with Crippen LogP contribution in [0.25, 0.3) is 10.9 Å². The van der Waals surface area contributed by atoms with Gasteiger partial charge in [-0.15, -0.1) is 0 Å². The number of fused-ring (bicyclic) bond motifs is 1. The highest BCUT2D eigenvalue weighted by molar-refractivity contribution is 5.89. The zero-order chi connectivity index (χ0) is 18.4. The fourth-order valence-corrected chi connectivity index (χ4v) is 2.95. The first-order chi connectivity index (χ1) is 12.7. The zero-order valence-corrected chi connectivity index (χ0v) is 15.3. The van der Waals surface area contributed by atoms with Gasteiger partial charge in [-0.3, -0.25) is 0 Å². The van der Waals surface area contributed by atoms with Gasteiger partial charge >= 0.3 is 0 Å². The second-order valence-electron chi connectivity index (χ2n) is 6.45. The maximum absolute atomic E-state index is 13.0. The van der Waals surface area contributed by atoms with Crippen LogP contribution >= 0.6 is 0 Å². The van der Waals surface area contributed by atoms with E-state index in [1.54, 1.807) is 19.2 Å². The van der Waals surface area contributed by atoms with Crippen LogP contribution in [0.2, 0.25) is 0 Å². The molecule has 0 unspecified atom stereocenters. The zero-order valence-electron chi connectivity index (χ0n) is 15.3. The molecule has 4 nitrogen and oxygen atoms in total. The van der Waals surface area contributed by atoms with Gasteiger partial charge < -0.3 is 19.4 Å². The molecule has 5 heteroatoms. The summed E-state index contributed by atoms with van der Waals surface area (Å²) in [6.45, 7) is 3.00. The standard InChI is InChI=1S/C21H25FN2O2/c1-24(12-13-25-2)11-10-17-14-23-19-4-3-5-20(21(17)19)26-15-16-6-8-18(22)9-7-16/h3-9,14,23H,10-13,15H2,1-2H3. The largest absolute Gasteiger partial charge is 0.488 e. The number of H-pyrrole nitrogens is 1. The van der Waals surface area contributed by atoms with Crippen LogP contribution in [-0.2, 0) is 17.8 Å². The SMILES string of the molecule is COCCN(C)CCc1c[nH]c2cccc(OCc3ccc(F)cc3)c12. The predicted octanol–water partition coefficient (Wildman–Crippen LogP) is 4.01. The van der Waals surface area contributed by atoms with Gasteiger partial charge in [-0.05, 0) is 48.9 Å². The van der Waals surface area contributed by atoms with Gasteiger partial charge in [-0.2, -0.15) is 0 Å². The summed E-state index contributed by atoms with van der Waals surface area (Å²) >= 11 is 0. The number of aromatic amines is 1. The third-order valence-electron chi connectivity index (χ3n) is 4.50. The molecule has 1 N–H and O–H groups in total. The van der Waals surface area contributed by atoms with E-state index >= 15 is 0 Å². The highest BCUT2D eigenvalue weighted by Crippen LogP contribution is 2.30. The number of hydrogen-bond acceptors (Lipinski definition) is 3. The van der Waals surface area contributed by atoms with Gasteiger partial charge in [0.2, 0.25) is 0 Å². The third kappa shape index (κ3) is 4.62. The van der Waals surface area contributed by atoms with Crippen LogP contribution in [0, 0.1) is 5.82 Å². The Bertz CT molecular complexity index is 830. The molecule has 0 saturated carbocycles. The van der Waals surface area contributed by atoms with Crippen molar-refractivity contribution in [3.8, 4) is 5.75 Å². The number of nitrogens with zero attached hydrogens (tertiary/aromatic N) is 1. The van der Waals surface area contributed by atoms with Gasteiger partial charge in [0.1, 0.15) is 18.2 Å². The first-order valence-corrected chi connectivity index (χ1v) is 8.81. The summed E-state index contributed by atoms with van der Waals surface area (Å²) in [7, 11) is 3.82. The minimum absolute atomic E-state index is 0.235. The quantitative estimate of drug-likeness (QED) is 0.629. The molecule has 138 valence electrons. The summed E-state index contributed by atoms with van der Waals surface area (Å²) in [5, 5.41) is 1.12. The predicted molar refractivity (Wildman–Crippen MR) is 102 cm³/mol. The van der Waals surface area contributed by atoms with Crippen molar-refractivity contribution in [3.63, 3.8) is 0 Å². The molecule has 1 aromatic heterocycles. The average Bonchev–Trinajstić information content (AvgIpc) is 3.08. The van der Waals surface area contributed by atoms with Crippen LogP contribution in [0.15, 0.2) is 48.7 Å². The van der Waals surface area contributed by atoms with Gasteiger partial charge in [-0.25, -0.2) is 4.39 Å². The lowest BCUT2D eigenvalue weighted by Crippen LogP contribution is -2.25. The van der Waals surface area contributed by atoms with Gasteiger partial charge in [0, 0.05) is 37.3 Å². The van der Waals surface area contributed by atoms with E-state index in [1.807, 2.05) is 12.1 Å². The Morgan fingerprint density at radius 2 is 1.88 bits per heavy atom. The molecule has 0 amide bonds. The summed E-state index contributed by atoms with van der Waals surface area (Å²) in [6.07, 6.45) is 2.98. The molecule has 0 atom stereocenters. The van der Waals surface area contributed by atoms with Crippen molar-refractivity contribution < 1.29 is 13.9 Å². The van der Waals surface area contributed by atoms with Gasteiger partial charge in [0.25, 0.3) is 0 Å². The molecule has 0 aliphatic carbocycles. The van der Waals surface area contributed by atoms with E-state index in [0.29, 0.717) is 6.61 Å². The van der Waals surface area contributed by atoms with Crippen molar-refractivity contribution >= 4 is 10.9 Å². The maximum Gasteiger partial charge on any atom is 0.129 e. The van der Waals surface area contributed by atoms with Crippen molar-refractivity contribution in [3.05, 3.63) is 65.6 Å². The number of hydrogen-bond donors (Lipinski definition) is 1. The molecule has 0 saturated heterocycles. The number of rotatable bonds is 9. The van der Waals surface area contributed by atoms with Crippen LogP contribution in [0.5, 0.6) is 5.75 Å². The number of ether oxygens (including phenoxy) is 2. The minimum atomic E-state index is -0.235. The fourth-order valence-electron chi connectivity index (χ4n) is 2.95. The first kappa shape index (κ1) is 18.4. The molecule has 3 rings (SSSR count). The molecule has 0 radical (unpaired) electrons. The maximum atomic E-state index is 13.0. The Labute approximate surface area is 153 Å². The molecule has 0 aliphatic heterocycles. The van der Waals surface area contributed by atoms with E-state index in [4.69, 9.17) is 9.47 Å². The number of halogens is 1. The van der Waals surface area contributed by atoms with Crippen LogP contribution in [0.3, 0.4) is 0 Å². The number of likely N-dealkylation sites (N-methyl/N-ethyl adjacent to an activating group) is 1. The van der Waals surface area contributed by atoms with Crippen molar-refractivity contribution in [1.82, 2.24) is 9.88 Å². The summed E-state index contributed by atoms with van der Waals surface area (Å²) < 4.78 is 24.2. The molecule has 0 fully saturated rings. The number of nitrogens with one attached hydrogen (secondary N) is 1. The fraction of sp³-hybridized carbons (Fsp3) is 0.333. The second kappa shape index (κ2) is 8.83. The first-order valence-electron chi connectivity index (χ1n) is 8.81. The molecular weight excluding hydrogens is 331 g/mol. The topological polar surface area (TPSA) is 37.5 Å². The van der Waals surface area contributed by atoms with Crippen LogP contribution < -0.4 is 4.74 Å². The molecule has 3 aromatic rings. The van der Waals surface area contributed by atoms with E-state index in [-0.39, 0.29) is 5.82 Å². The van der Waals surface area contributed by atoms with E-state index in [2.05, 4.69) is 29.2 Å². The average molecular weight is 356 g/mol. The van der Waals surface area contributed by atoms with Crippen LogP contribution in [0.4, 0.5) is 4.39 Å². The van der Waals surface area contributed by atoms with Crippen molar-refractivity contribution in [2.75, 3.05) is 33.9 Å². The number of aromatic nitrogens is 1. The van der Waals surface area contributed by atoms with Crippen molar-refractivity contribution in [2.24, 2.45) is 0 Å². The van der Waals surface area contributed by atoms with E-state index in [9.17, 15) is 4.39 Å². The van der Waals surface area contributed by atoms with Gasteiger partial charge in [-0.1, -0.05) is 18.2 Å². The molecule has 0 bridgehead atoms. The Morgan fingerprint density at radius 1 is 1.08 bits per heavy atom. The van der Waals surface area contributed by atoms with E-state index in [1.165, 1.54) is 17.7 Å². The Balaban J connectivity index is 1.71. The lowest BCUT2D eigenvalue weighted by molar-refractivity contribution is 0.162. The lowest BCUT2D eigenvalue weighted by atomic mass is 10.1.